The molecule has 0 bridgehead atoms. The van der Waals surface area contributed by atoms with E-state index in [2.05, 4.69) is 35.7 Å². The zero-order chi connectivity index (χ0) is 25.9. The van der Waals surface area contributed by atoms with Crippen LogP contribution in [0.15, 0.2) is 66.7 Å². The molecule has 1 N–H and O–H groups in total. The van der Waals surface area contributed by atoms with Crippen LogP contribution in [0.2, 0.25) is 0 Å². The molecule has 36 heavy (non-hydrogen) atoms. The summed E-state index contributed by atoms with van der Waals surface area (Å²) in [5.41, 5.74) is 5.71. The van der Waals surface area contributed by atoms with Gasteiger partial charge in [-0.1, -0.05) is 48.0 Å². The molecule has 3 aromatic carbocycles. The second-order valence-corrected chi connectivity index (χ2v) is 10.2. The third-order valence-electron chi connectivity index (χ3n) is 6.15. The molecule has 6 heteroatoms. The number of carbonyl (C=O) groups excluding carboxylic acids is 2. The Morgan fingerprint density at radius 3 is 2.25 bits per heavy atom. The summed E-state index contributed by atoms with van der Waals surface area (Å²) in [6.07, 6.45) is 0.210. The van der Waals surface area contributed by atoms with Gasteiger partial charge in [0.25, 0.3) is 5.91 Å². The van der Waals surface area contributed by atoms with E-state index in [1.807, 2.05) is 58.0 Å². The van der Waals surface area contributed by atoms with E-state index >= 15 is 0 Å². The van der Waals surface area contributed by atoms with Crippen molar-refractivity contribution in [3.05, 3.63) is 83.4 Å². The molecule has 0 aliphatic carbocycles. The Kier molecular flexibility index (Phi) is 7.12. The molecule has 0 unspecified atom stereocenters. The van der Waals surface area contributed by atoms with Crippen LogP contribution in [0.5, 0.6) is 0 Å². The number of alkyl carbamates (subject to hydrolysis) is 1. The fraction of sp³-hybridized carbons (Fsp3) is 0.300. The van der Waals surface area contributed by atoms with Gasteiger partial charge in [0.15, 0.2) is 0 Å². The lowest BCUT2D eigenvalue weighted by atomic mass is 9.92. The van der Waals surface area contributed by atoms with Crippen LogP contribution in [0, 0.1) is 18.3 Å². The van der Waals surface area contributed by atoms with Crippen molar-refractivity contribution in [1.82, 2.24) is 10.2 Å². The van der Waals surface area contributed by atoms with Gasteiger partial charge in [-0.15, -0.1) is 0 Å². The zero-order valence-corrected chi connectivity index (χ0v) is 21.2. The summed E-state index contributed by atoms with van der Waals surface area (Å²) < 4.78 is 5.35. The molecule has 184 valence electrons. The predicted molar refractivity (Wildman–Crippen MR) is 140 cm³/mol. The lowest BCUT2D eigenvalue weighted by molar-refractivity contribution is 0.0502. The van der Waals surface area contributed by atoms with Crippen LogP contribution in [0.1, 0.15) is 48.7 Å². The number of carbonyl (C=O) groups is 2. The second kappa shape index (κ2) is 10.2. The van der Waals surface area contributed by atoms with Crippen LogP contribution in [0.3, 0.4) is 0 Å². The van der Waals surface area contributed by atoms with Gasteiger partial charge in [0, 0.05) is 18.7 Å². The third-order valence-corrected chi connectivity index (χ3v) is 6.15. The van der Waals surface area contributed by atoms with Crippen LogP contribution in [0.4, 0.5) is 4.79 Å². The van der Waals surface area contributed by atoms with E-state index in [4.69, 9.17) is 4.74 Å². The molecule has 6 nitrogen and oxygen atoms in total. The van der Waals surface area contributed by atoms with Crippen LogP contribution >= 0.6 is 0 Å². The summed E-state index contributed by atoms with van der Waals surface area (Å²) >= 11 is 0. The summed E-state index contributed by atoms with van der Waals surface area (Å²) in [5.74, 6) is -0.0751. The monoisotopic (exact) mass is 481 g/mol. The number of nitrogens with zero attached hydrogens (tertiary/aromatic N) is 2. The van der Waals surface area contributed by atoms with Crippen LogP contribution in [0.25, 0.3) is 22.3 Å². The molecule has 1 atom stereocenters. The summed E-state index contributed by atoms with van der Waals surface area (Å²) in [6.45, 7) is 8.51. The Balaban J connectivity index is 1.59. The maximum atomic E-state index is 13.4. The fourth-order valence-corrected chi connectivity index (χ4v) is 4.34. The van der Waals surface area contributed by atoms with Crippen molar-refractivity contribution >= 4 is 12.0 Å². The Hall–Kier alpha value is -4.11. The first kappa shape index (κ1) is 25.0. The van der Waals surface area contributed by atoms with Crippen LogP contribution < -0.4 is 5.32 Å². The summed E-state index contributed by atoms with van der Waals surface area (Å²) in [6, 6.07) is 23.5. The molecule has 1 aliphatic heterocycles. The first-order chi connectivity index (χ1) is 17.1. The van der Waals surface area contributed by atoms with Gasteiger partial charge in [-0.25, -0.2) is 4.79 Å². The molecule has 0 spiro atoms. The predicted octanol–water partition coefficient (Wildman–Crippen LogP) is 5.94. The topological polar surface area (TPSA) is 82.4 Å². The smallest absolute Gasteiger partial charge is 0.407 e. The van der Waals surface area contributed by atoms with Crippen LogP contribution in [-0.2, 0) is 4.74 Å². The highest BCUT2D eigenvalue weighted by molar-refractivity contribution is 5.98. The molecule has 0 radical (unpaired) electrons. The van der Waals surface area contributed by atoms with Gasteiger partial charge in [0.05, 0.1) is 17.7 Å². The first-order valence-corrected chi connectivity index (χ1v) is 12.1. The SMILES string of the molecule is Cc1ccc(-c2ccc(C(=O)N3CC[C@H](NC(=O)OC(C)(C)C)C3)cc2-c2ccc(C#N)cc2)cc1. The van der Waals surface area contributed by atoms with Crippen LogP contribution in [-0.4, -0.2) is 41.6 Å². The number of aryl methyl sites for hydroxylation is 1. The third kappa shape index (κ3) is 5.92. The number of benzene rings is 3. The molecular weight excluding hydrogens is 450 g/mol. The molecule has 0 aromatic heterocycles. The molecule has 1 heterocycles. The van der Waals surface area contributed by atoms with Crippen molar-refractivity contribution in [3.8, 4) is 28.3 Å². The van der Waals surface area contributed by atoms with E-state index in [9.17, 15) is 14.9 Å². The Morgan fingerprint density at radius 2 is 1.61 bits per heavy atom. The average molecular weight is 482 g/mol. The van der Waals surface area contributed by atoms with Gasteiger partial charge in [-0.2, -0.15) is 5.26 Å². The number of likely N-dealkylation sites (tertiary alicyclic amines) is 1. The van der Waals surface area contributed by atoms with Crippen molar-refractivity contribution in [3.63, 3.8) is 0 Å². The van der Waals surface area contributed by atoms with Crippen molar-refractivity contribution in [1.29, 1.82) is 5.26 Å². The van der Waals surface area contributed by atoms with E-state index in [0.717, 1.165) is 22.3 Å². The zero-order valence-electron chi connectivity index (χ0n) is 21.2. The molecule has 3 aromatic rings. The minimum Gasteiger partial charge on any atom is -0.444 e. The number of ether oxygens (including phenoxy) is 1. The lowest BCUT2D eigenvalue weighted by Crippen LogP contribution is -2.41. The molecule has 4 rings (SSSR count). The van der Waals surface area contributed by atoms with Crippen molar-refractivity contribution in [2.45, 2.75) is 45.8 Å². The van der Waals surface area contributed by atoms with Crippen molar-refractivity contribution in [2.24, 2.45) is 0 Å². The number of hydrogen-bond donors (Lipinski definition) is 1. The Morgan fingerprint density at radius 1 is 0.972 bits per heavy atom. The van der Waals surface area contributed by atoms with Gasteiger partial charge in [-0.05, 0) is 80.6 Å². The molecule has 1 saturated heterocycles. The van der Waals surface area contributed by atoms with Gasteiger partial charge >= 0.3 is 6.09 Å². The van der Waals surface area contributed by atoms with E-state index in [0.29, 0.717) is 30.6 Å². The van der Waals surface area contributed by atoms with Gasteiger partial charge in [-0.3, -0.25) is 4.79 Å². The van der Waals surface area contributed by atoms with E-state index in [1.54, 1.807) is 17.0 Å². The molecule has 1 fully saturated rings. The second-order valence-electron chi connectivity index (χ2n) is 10.2. The van der Waals surface area contributed by atoms with Gasteiger partial charge < -0.3 is 15.0 Å². The normalized spacial score (nSPS) is 15.3. The number of rotatable bonds is 4. The summed E-state index contributed by atoms with van der Waals surface area (Å²) in [4.78, 5) is 27.3. The van der Waals surface area contributed by atoms with Crippen molar-refractivity contribution < 1.29 is 14.3 Å². The highest BCUT2D eigenvalue weighted by Gasteiger charge is 2.29. The number of nitrogens with one attached hydrogen (secondary N) is 1. The largest absolute Gasteiger partial charge is 0.444 e. The standard InChI is InChI=1S/C30H31N3O3/c1-20-5-9-22(10-6-20)26-14-13-24(17-27(26)23-11-7-21(18-31)8-12-23)28(34)33-16-15-25(19-33)32-29(35)36-30(2,3)4/h5-14,17,25H,15-16,19H2,1-4H3,(H,32,35)/t25-/m0/s1. The first-order valence-electron chi connectivity index (χ1n) is 12.1. The van der Waals surface area contributed by atoms with Crippen molar-refractivity contribution in [2.75, 3.05) is 13.1 Å². The number of nitriles is 1. The summed E-state index contributed by atoms with van der Waals surface area (Å²) in [5, 5.41) is 12.1. The minimum atomic E-state index is -0.570. The molecular formula is C30H31N3O3. The van der Waals surface area contributed by atoms with E-state index < -0.39 is 11.7 Å². The summed E-state index contributed by atoms with van der Waals surface area (Å²) in [7, 11) is 0. The van der Waals surface area contributed by atoms with Gasteiger partial charge in [0.1, 0.15) is 5.60 Å². The van der Waals surface area contributed by atoms with Gasteiger partial charge in [0.2, 0.25) is 0 Å². The Bertz CT molecular complexity index is 1300. The van der Waals surface area contributed by atoms with E-state index in [-0.39, 0.29) is 11.9 Å². The number of amides is 2. The highest BCUT2D eigenvalue weighted by atomic mass is 16.6. The lowest BCUT2D eigenvalue weighted by Gasteiger charge is -2.22. The van der Waals surface area contributed by atoms with E-state index in [1.165, 1.54) is 5.56 Å². The maximum Gasteiger partial charge on any atom is 0.407 e. The quantitative estimate of drug-likeness (QED) is 0.500. The number of hydrogen-bond acceptors (Lipinski definition) is 4. The molecule has 0 saturated carbocycles. The highest BCUT2D eigenvalue weighted by Crippen LogP contribution is 2.34. The average Bonchev–Trinajstić information content (AvgIpc) is 3.31. The Labute approximate surface area is 212 Å². The maximum absolute atomic E-state index is 13.4. The minimum absolute atomic E-state index is 0.0751. The fourth-order valence-electron chi connectivity index (χ4n) is 4.34. The molecule has 1 aliphatic rings. The molecule has 2 amide bonds.